The Hall–Kier alpha value is -3.77. The van der Waals surface area contributed by atoms with Gasteiger partial charge in [-0.2, -0.15) is 0 Å². The molecule has 0 bridgehead atoms. The number of furan rings is 1. The van der Waals surface area contributed by atoms with E-state index < -0.39 is 0 Å². The number of carbonyl (C=O) groups excluding carboxylic acids is 1. The van der Waals surface area contributed by atoms with E-state index in [4.69, 9.17) is 24.4 Å². The third-order valence-corrected chi connectivity index (χ3v) is 5.59. The molecule has 0 unspecified atom stereocenters. The van der Waals surface area contributed by atoms with Crippen molar-refractivity contribution in [3.63, 3.8) is 0 Å². The molecule has 3 aromatic carbocycles. The number of benzene rings is 3. The molecule has 35 heavy (non-hydrogen) atoms. The lowest BCUT2D eigenvalue weighted by molar-refractivity contribution is -0.142. The molecule has 1 aromatic heterocycles. The molecule has 0 fully saturated rings. The number of carbonyl (C=O) groups is 1. The van der Waals surface area contributed by atoms with Gasteiger partial charge in [-0.05, 0) is 56.2 Å². The van der Waals surface area contributed by atoms with Crippen LogP contribution in [0.25, 0.3) is 22.1 Å². The monoisotopic (exact) mass is 473 g/mol. The van der Waals surface area contributed by atoms with E-state index in [9.17, 15) is 4.79 Å². The van der Waals surface area contributed by atoms with Gasteiger partial charge >= 0.3 is 5.97 Å². The highest BCUT2D eigenvalue weighted by molar-refractivity contribution is 5.97. The van der Waals surface area contributed by atoms with Crippen LogP contribution in [0.4, 0.5) is 0 Å². The van der Waals surface area contributed by atoms with Gasteiger partial charge in [0.05, 0.1) is 30.8 Å². The minimum atomic E-state index is -0.283. The van der Waals surface area contributed by atoms with Gasteiger partial charge in [-0.1, -0.05) is 36.4 Å². The zero-order valence-electron chi connectivity index (χ0n) is 20.4. The summed E-state index contributed by atoms with van der Waals surface area (Å²) in [4.78, 5) is 12.1. The molecule has 0 aliphatic heterocycles. The summed E-state index contributed by atoms with van der Waals surface area (Å²) in [5, 5.41) is 0.882. The first-order valence-corrected chi connectivity index (χ1v) is 11.9. The molecule has 0 atom stereocenters. The molecule has 0 spiro atoms. The molecule has 1 heterocycles. The fraction of sp³-hybridized carbons (Fsp3) is 0.276. The van der Waals surface area contributed by atoms with Crippen molar-refractivity contribution in [2.45, 2.75) is 46.4 Å². The number of para-hydroxylation sites is 1. The van der Waals surface area contributed by atoms with E-state index in [1.54, 1.807) is 13.2 Å². The number of hydrogen-bond acceptors (Lipinski definition) is 6. The second-order valence-corrected chi connectivity index (χ2v) is 8.53. The highest BCUT2D eigenvalue weighted by Gasteiger charge is 2.19. The smallest absolute Gasteiger partial charge is 0.310 e. The van der Waals surface area contributed by atoms with Gasteiger partial charge in [0.1, 0.15) is 23.7 Å². The van der Waals surface area contributed by atoms with Gasteiger partial charge < -0.3 is 24.4 Å². The average molecular weight is 474 g/mol. The first-order valence-electron chi connectivity index (χ1n) is 11.9. The lowest BCUT2D eigenvalue weighted by Gasteiger charge is -2.19. The predicted molar refractivity (Wildman–Crippen MR) is 136 cm³/mol. The topological polar surface area (TPSA) is 83.9 Å². The van der Waals surface area contributed by atoms with E-state index in [1.165, 1.54) is 0 Å². The van der Waals surface area contributed by atoms with Gasteiger partial charge in [0, 0.05) is 23.2 Å². The van der Waals surface area contributed by atoms with Crippen LogP contribution in [-0.2, 0) is 29.1 Å². The summed E-state index contributed by atoms with van der Waals surface area (Å²) < 4.78 is 23.5. The van der Waals surface area contributed by atoms with E-state index in [0.29, 0.717) is 18.9 Å². The maximum absolute atomic E-state index is 12.1. The summed E-state index contributed by atoms with van der Waals surface area (Å²) in [6, 6.07) is 19.6. The first kappa shape index (κ1) is 24.4. The molecule has 0 radical (unpaired) electrons. The zero-order chi connectivity index (χ0) is 24.8. The Morgan fingerprint density at radius 1 is 1.03 bits per heavy atom. The van der Waals surface area contributed by atoms with Crippen molar-refractivity contribution in [3.05, 3.63) is 83.6 Å². The molecular formula is C29H31NO5. The van der Waals surface area contributed by atoms with E-state index >= 15 is 0 Å². The van der Waals surface area contributed by atoms with Gasteiger partial charge in [-0.15, -0.1) is 0 Å². The number of esters is 1. The maximum Gasteiger partial charge on any atom is 0.310 e. The van der Waals surface area contributed by atoms with Crippen molar-refractivity contribution in [1.82, 2.24) is 0 Å². The number of nitrogens with two attached hydrogens (primary N) is 1. The summed E-state index contributed by atoms with van der Waals surface area (Å²) in [6.45, 7) is 6.83. The van der Waals surface area contributed by atoms with E-state index in [1.807, 2.05) is 68.4 Å². The fourth-order valence-corrected chi connectivity index (χ4v) is 4.05. The van der Waals surface area contributed by atoms with Crippen molar-refractivity contribution in [2.75, 3.05) is 6.61 Å². The molecule has 6 nitrogen and oxygen atoms in total. The minimum absolute atomic E-state index is 0.0330. The van der Waals surface area contributed by atoms with Crippen LogP contribution < -0.4 is 15.2 Å². The first-order chi connectivity index (χ1) is 17.0. The second-order valence-electron chi connectivity index (χ2n) is 8.53. The zero-order valence-corrected chi connectivity index (χ0v) is 20.4. The predicted octanol–water partition coefficient (Wildman–Crippen LogP) is 6.03. The fourth-order valence-electron chi connectivity index (χ4n) is 4.05. The Balaban J connectivity index is 1.74. The molecule has 0 aliphatic carbocycles. The normalized spacial score (nSPS) is 11.1. The maximum atomic E-state index is 12.1. The van der Waals surface area contributed by atoms with Crippen molar-refractivity contribution in [1.29, 1.82) is 0 Å². The third-order valence-electron chi connectivity index (χ3n) is 5.59. The summed E-state index contributed by atoms with van der Waals surface area (Å²) in [5.41, 5.74) is 11.3. The van der Waals surface area contributed by atoms with Crippen LogP contribution in [0.5, 0.6) is 11.5 Å². The van der Waals surface area contributed by atoms with Gasteiger partial charge in [0.15, 0.2) is 0 Å². The van der Waals surface area contributed by atoms with Crippen LogP contribution in [-0.4, -0.2) is 18.7 Å². The molecule has 2 N–H and O–H groups in total. The Morgan fingerprint density at radius 2 is 1.86 bits per heavy atom. The lowest BCUT2D eigenvalue weighted by Crippen LogP contribution is -2.11. The Bertz CT molecular complexity index is 1310. The average Bonchev–Trinajstić information content (AvgIpc) is 3.34. The minimum Gasteiger partial charge on any atom is -0.490 e. The largest absolute Gasteiger partial charge is 0.490 e. The van der Waals surface area contributed by atoms with Gasteiger partial charge in [-0.3, -0.25) is 4.79 Å². The quantitative estimate of drug-likeness (QED) is 0.283. The molecule has 4 rings (SSSR count). The second kappa shape index (κ2) is 11.1. The summed E-state index contributed by atoms with van der Waals surface area (Å²) in [5.74, 6) is 1.08. The third kappa shape index (κ3) is 5.66. The summed E-state index contributed by atoms with van der Waals surface area (Å²) in [7, 11) is 0. The highest BCUT2D eigenvalue weighted by atomic mass is 16.5. The van der Waals surface area contributed by atoms with E-state index in [0.717, 1.165) is 44.5 Å². The van der Waals surface area contributed by atoms with Crippen LogP contribution in [0.1, 0.15) is 37.5 Å². The SMILES string of the molecule is CCOC(=O)Cc1ccccc1OCc1cc(-c2cccc(CN)c2)c2occc2c1OC(C)C. The molecule has 182 valence electrons. The number of hydrogen-bond donors (Lipinski definition) is 1. The van der Waals surface area contributed by atoms with Crippen molar-refractivity contribution < 1.29 is 23.4 Å². The van der Waals surface area contributed by atoms with Crippen molar-refractivity contribution in [3.8, 4) is 22.6 Å². The number of fused-ring (bicyclic) bond motifs is 1. The standard InChI is InChI=1S/C29H31NO5/c1-4-32-27(31)16-22-9-5-6-11-26(22)34-18-23-15-25(21-10-7-8-20(14-21)17-30)29-24(12-13-33-29)28(23)35-19(2)3/h5-15,19H,4,16-18,30H2,1-3H3. The summed E-state index contributed by atoms with van der Waals surface area (Å²) >= 11 is 0. The molecule has 4 aromatic rings. The Kier molecular flexibility index (Phi) is 7.73. The van der Waals surface area contributed by atoms with E-state index in [2.05, 4.69) is 6.07 Å². The van der Waals surface area contributed by atoms with Gasteiger partial charge in [-0.25, -0.2) is 0 Å². The lowest BCUT2D eigenvalue weighted by atomic mass is 9.98. The van der Waals surface area contributed by atoms with Crippen molar-refractivity contribution >= 4 is 16.9 Å². The van der Waals surface area contributed by atoms with E-state index in [-0.39, 0.29) is 25.1 Å². The van der Waals surface area contributed by atoms with Crippen LogP contribution in [0.2, 0.25) is 0 Å². The molecule has 0 saturated carbocycles. The Labute approximate surface area is 205 Å². The molecular weight excluding hydrogens is 442 g/mol. The molecule has 0 saturated heterocycles. The van der Waals surface area contributed by atoms with Crippen LogP contribution in [0, 0.1) is 0 Å². The molecule has 0 aliphatic rings. The Morgan fingerprint density at radius 3 is 2.63 bits per heavy atom. The van der Waals surface area contributed by atoms with Gasteiger partial charge in [0.2, 0.25) is 0 Å². The number of ether oxygens (including phenoxy) is 3. The van der Waals surface area contributed by atoms with Crippen LogP contribution in [0.3, 0.4) is 0 Å². The number of rotatable bonds is 10. The van der Waals surface area contributed by atoms with Crippen LogP contribution >= 0.6 is 0 Å². The van der Waals surface area contributed by atoms with Crippen molar-refractivity contribution in [2.24, 2.45) is 5.73 Å². The summed E-state index contributed by atoms with van der Waals surface area (Å²) in [6.07, 6.45) is 1.79. The van der Waals surface area contributed by atoms with Gasteiger partial charge in [0.25, 0.3) is 0 Å². The highest BCUT2D eigenvalue weighted by Crippen LogP contribution is 2.40. The van der Waals surface area contributed by atoms with Crippen LogP contribution in [0.15, 0.2) is 71.3 Å². The molecule has 0 amide bonds. The molecule has 6 heteroatoms.